The number of hydrogen-bond acceptors (Lipinski definition) is 3. The van der Waals surface area contributed by atoms with Crippen molar-refractivity contribution in [2.45, 2.75) is 39.3 Å². The first-order chi connectivity index (χ1) is 16.8. The topological polar surface area (TPSA) is 76.0 Å². The normalized spacial score (nSPS) is 11.2. The van der Waals surface area contributed by atoms with Gasteiger partial charge in [0.25, 0.3) is 11.8 Å². The Balaban J connectivity index is 1.47. The number of rotatable bonds is 8. The van der Waals surface area contributed by atoms with Gasteiger partial charge < -0.3 is 10.6 Å². The fourth-order valence-corrected chi connectivity index (χ4v) is 3.67. The minimum absolute atomic E-state index is 0.129. The second kappa shape index (κ2) is 10.4. The maximum absolute atomic E-state index is 13.1. The Morgan fingerprint density at radius 3 is 2.26 bits per heavy atom. The molecule has 0 bridgehead atoms. The van der Waals surface area contributed by atoms with Crippen LogP contribution in [0.2, 0.25) is 0 Å². The minimum atomic E-state index is -0.273. The van der Waals surface area contributed by atoms with Crippen LogP contribution in [0, 0.1) is 0 Å². The molecule has 0 unspecified atom stereocenters. The van der Waals surface area contributed by atoms with Crippen LogP contribution in [0.1, 0.15) is 53.5 Å². The summed E-state index contributed by atoms with van der Waals surface area (Å²) >= 11 is 0. The van der Waals surface area contributed by atoms with Gasteiger partial charge in [-0.1, -0.05) is 49.4 Å². The van der Waals surface area contributed by atoms with Crippen molar-refractivity contribution in [1.82, 2.24) is 15.1 Å². The van der Waals surface area contributed by atoms with Crippen LogP contribution < -0.4 is 10.6 Å². The van der Waals surface area contributed by atoms with Crippen molar-refractivity contribution >= 4 is 17.5 Å². The largest absolute Gasteiger partial charge is 0.347 e. The first-order valence-electron chi connectivity index (χ1n) is 11.7. The molecular weight excluding hydrogens is 436 g/mol. The summed E-state index contributed by atoms with van der Waals surface area (Å²) in [6.45, 7) is 6.71. The molecule has 178 valence electrons. The molecule has 6 nitrogen and oxygen atoms in total. The summed E-state index contributed by atoms with van der Waals surface area (Å²) in [5, 5.41) is 10.2. The first-order valence-corrected chi connectivity index (χ1v) is 11.7. The van der Waals surface area contributed by atoms with E-state index in [0.29, 0.717) is 23.4 Å². The van der Waals surface area contributed by atoms with Crippen molar-refractivity contribution in [3.8, 4) is 11.1 Å². The summed E-state index contributed by atoms with van der Waals surface area (Å²) in [7, 11) is 0. The molecule has 1 aromatic heterocycles. The molecule has 0 atom stereocenters. The van der Waals surface area contributed by atoms with Gasteiger partial charge in [-0.2, -0.15) is 5.10 Å². The third-order valence-corrected chi connectivity index (χ3v) is 6.08. The summed E-state index contributed by atoms with van der Waals surface area (Å²) in [5.74, 6) is -0.332. The third kappa shape index (κ3) is 6.03. The number of carbonyl (C=O) groups is 2. The van der Waals surface area contributed by atoms with Gasteiger partial charge in [0.2, 0.25) is 0 Å². The van der Waals surface area contributed by atoms with Gasteiger partial charge in [-0.05, 0) is 73.4 Å². The lowest BCUT2D eigenvalue weighted by molar-refractivity contribution is 0.0911. The van der Waals surface area contributed by atoms with Gasteiger partial charge in [-0.25, -0.2) is 0 Å². The number of nitrogens with zero attached hydrogens (tertiary/aromatic N) is 2. The molecule has 4 rings (SSSR count). The fourth-order valence-electron chi connectivity index (χ4n) is 3.67. The predicted molar refractivity (Wildman–Crippen MR) is 139 cm³/mol. The fraction of sp³-hybridized carbons (Fsp3) is 0.207. The molecule has 0 fully saturated rings. The van der Waals surface area contributed by atoms with Crippen LogP contribution in [0.5, 0.6) is 0 Å². The molecule has 0 saturated carbocycles. The van der Waals surface area contributed by atoms with Gasteiger partial charge in [0.05, 0.1) is 6.54 Å². The number of benzene rings is 3. The van der Waals surface area contributed by atoms with Crippen LogP contribution in [0.4, 0.5) is 5.69 Å². The van der Waals surface area contributed by atoms with Crippen LogP contribution in [0.3, 0.4) is 0 Å². The lowest BCUT2D eigenvalue weighted by Gasteiger charge is -2.24. The number of hydrogen-bond donors (Lipinski definition) is 2. The van der Waals surface area contributed by atoms with Gasteiger partial charge in [0.1, 0.15) is 0 Å². The van der Waals surface area contributed by atoms with E-state index in [2.05, 4.69) is 27.9 Å². The molecule has 3 aromatic carbocycles. The van der Waals surface area contributed by atoms with Gasteiger partial charge in [0.15, 0.2) is 0 Å². The first kappa shape index (κ1) is 24.0. The summed E-state index contributed by atoms with van der Waals surface area (Å²) in [6, 6.07) is 24.5. The molecular formula is C29H30N4O2. The standard InChI is InChI=1S/C29H30N4O2/c1-4-29(2,3)32-27(34)23-14-16-24(17-15-23)31-28(35)26-9-6-5-8-25(26)22-12-10-21(11-13-22)20-33-19-7-18-30-33/h5-19H,4,20H2,1-3H3,(H,31,35)(H,32,34). The number of aromatic nitrogens is 2. The Kier molecular flexibility index (Phi) is 7.11. The number of carbonyl (C=O) groups excluding carboxylic acids is 2. The zero-order chi connectivity index (χ0) is 24.8. The smallest absolute Gasteiger partial charge is 0.256 e. The van der Waals surface area contributed by atoms with Crippen LogP contribution >= 0.6 is 0 Å². The molecule has 0 aliphatic heterocycles. The summed E-state index contributed by atoms with van der Waals surface area (Å²) in [6.07, 6.45) is 4.52. The Hall–Kier alpha value is -4.19. The maximum atomic E-state index is 13.1. The van der Waals surface area contributed by atoms with Crippen LogP contribution in [-0.2, 0) is 6.54 Å². The van der Waals surface area contributed by atoms with Crippen molar-refractivity contribution in [2.75, 3.05) is 5.32 Å². The van der Waals surface area contributed by atoms with E-state index >= 15 is 0 Å². The van der Waals surface area contributed by atoms with Crippen LogP contribution in [-0.4, -0.2) is 27.1 Å². The Labute approximate surface area is 206 Å². The molecule has 6 heteroatoms. The van der Waals surface area contributed by atoms with E-state index in [-0.39, 0.29) is 17.4 Å². The molecule has 4 aromatic rings. The molecule has 0 aliphatic carbocycles. The van der Waals surface area contributed by atoms with Crippen molar-refractivity contribution in [3.05, 3.63) is 108 Å². The van der Waals surface area contributed by atoms with Crippen LogP contribution in [0.15, 0.2) is 91.3 Å². The molecule has 0 radical (unpaired) electrons. The average molecular weight is 467 g/mol. The second-order valence-electron chi connectivity index (χ2n) is 9.17. The highest BCUT2D eigenvalue weighted by Gasteiger charge is 2.19. The zero-order valence-electron chi connectivity index (χ0n) is 20.3. The molecule has 0 aliphatic rings. The third-order valence-electron chi connectivity index (χ3n) is 6.08. The lowest BCUT2D eigenvalue weighted by Crippen LogP contribution is -2.42. The van der Waals surface area contributed by atoms with E-state index in [1.807, 2.05) is 74.1 Å². The van der Waals surface area contributed by atoms with E-state index < -0.39 is 0 Å². The van der Waals surface area contributed by atoms with Gasteiger partial charge in [-0.3, -0.25) is 14.3 Å². The second-order valence-corrected chi connectivity index (χ2v) is 9.17. The predicted octanol–water partition coefficient (Wildman–Crippen LogP) is 5.77. The van der Waals surface area contributed by atoms with E-state index in [0.717, 1.165) is 23.1 Å². The number of nitrogens with one attached hydrogen (secondary N) is 2. The monoisotopic (exact) mass is 466 g/mol. The summed E-state index contributed by atoms with van der Waals surface area (Å²) in [4.78, 5) is 25.6. The highest BCUT2D eigenvalue weighted by atomic mass is 16.2. The molecule has 0 saturated heterocycles. The Bertz CT molecular complexity index is 1290. The van der Waals surface area contributed by atoms with Gasteiger partial charge in [-0.15, -0.1) is 0 Å². The Morgan fingerprint density at radius 2 is 1.60 bits per heavy atom. The molecule has 35 heavy (non-hydrogen) atoms. The summed E-state index contributed by atoms with van der Waals surface area (Å²) in [5.41, 5.74) is 4.44. The van der Waals surface area contributed by atoms with E-state index in [1.54, 1.807) is 30.5 Å². The molecule has 1 heterocycles. The number of amides is 2. The van der Waals surface area contributed by atoms with Gasteiger partial charge >= 0.3 is 0 Å². The van der Waals surface area contributed by atoms with Crippen molar-refractivity contribution in [1.29, 1.82) is 0 Å². The number of anilines is 1. The highest BCUT2D eigenvalue weighted by molar-refractivity contribution is 6.09. The van der Waals surface area contributed by atoms with Crippen molar-refractivity contribution < 1.29 is 9.59 Å². The van der Waals surface area contributed by atoms with Crippen molar-refractivity contribution in [3.63, 3.8) is 0 Å². The average Bonchev–Trinajstić information content (AvgIpc) is 3.38. The zero-order valence-corrected chi connectivity index (χ0v) is 20.3. The summed E-state index contributed by atoms with van der Waals surface area (Å²) < 4.78 is 1.87. The highest BCUT2D eigenvalue weighted by Crippen LogP contribution is 2.25. The van der Waals surface area contributed by atoms with Gasteiger partial charge in [0, 0.05) is 34.7 Å². The Morgan fingerprint density at radius 1 is 0.886 bits per heavy atom. The SMILES string of the molecule is CCC(C)(C)NC(=O)c1ccc(NC(=O)c2ccccc2-c2ccc(Cn3cccn3)cc2)cc1. The minimum Gasteiger partial charge on any atom is -0.347 e. The molecule has 2 amide bonds. The lowest BCUT2D eigenvalue weighted by atomic mass is 9.98. The molecule has 2 N–H and O–H groups in total. The van der Waals surface area contributed by atoms with E-state index in [1.165, 1.54) is 0 Å². The maximum Gasteiger partial charge on any atom is 0.256 e. The molecule has 0 spiro atoms. The van der Waals surface area contributed by atoms with E-state index in [9.17, 15) is 9.59 Å². The van der Waals surface area contributed by atoms with Crippen LogP contribution in [0.25, 0.3) is 11.1 Å². The van der Waals surface area contributed by atoms with Crippen molar-refractivity contribution in [2.24, 2.45) is 0 Å². The quantitative estimate of drug-likeness (QED) is 0.346. The van der Waals surface area contributed by atoms with E-state index in [4.69, 9.17) is 0 Å².